The lowest BCUT2D eigenvalue weighted by Gasteiger charge is -2.31. The van der Waals surface area contributed by atoms with Crippen molar-refractivity contribution >= 4 is 23.3 Å². The first kappa shape index (κ1) is 19.9. The van der Waals surface area contributed by atoms with E-state index in [1.54, 1.807) is 40.8 Å². The van der Waals surface area contributed by atoms with Crippen LogP contribution in [0.4, 0.5) is 5.82 Å². The van der Waals surface area contributed by atoms with Crippen molar-refractivity contribution in [3.63, 3.8) is 0 Å². The van der Waals surface area contributed by atoms with Gasteiger partial charge >= 0.3 is 0 Å². The van der Waals surface area contributed by atoms with Crippen LogP contribution >= 0.6 is 0 Å². The van der Waals surface area contributed by atoms with Crippen molar-refractivity contribution in [1.82, 2.24) is 19.5 Å². The number of rotatable bonds is 4. The van der Waals surface area contributed by atoms with E-state index in [9.17, 15) is 9.59 Å². The fourth-order valence-corrected chi connectivity index (χ4v) is 3.86. The van der Waals surface area contributed by atoms with Crippen LogP contribution in [0.2, 0.25) is 0 Å². The minimum absolute atomic E-state index is 0.0370. The molecule has 0 unspecified atom stereocenters. The van der Waals surface area contributed by atoms with Gasteiger partial charge in [-0.3, -0.25) is 9.59 Å². The van der Waals surface area contributed by atoms with Gasteiger partial charge in [0, 0.05) is 42.0 Å². The number of benzene rings is 1. The number of ether oxygens (including phenoxy) is 1. The van der Waals surface area contributed by atoms with E-state index in [-0.39, 0.29) is 17.7 Å². The molecular weight excluding hydrogens is 382 g/mol. The van der Waals surface area contributed by atoms with E-state index < -0.39 is 0 Å². The third kappa shape index (κ3) is 3.98. The molecular formula is C22H25N5O3. The first-order valence-electron chi connectivity index (χ1n) is 10.0. The molecule has 1 N–H and O–H groups in total. The maximum Gasteiger partial charge on any atom is 0.253 e. The van der Waals surface area contributed by atoms with Gasteiger partial charge in [-0.1, -0.05) is 6.07 Å². The Morgan fingerprint density at radius 3 is 2.63 bits per heavy atom. The summed E-state index contributed by atoms with van der Waals surface area (Å²) in [5.74, 6) is 0.893. The van der Waals surface area contributed by atoms with Gasteiger partial charge in [-0.25, -0.2) is 9.50 Å². The number of hydrogen-bond donors (Lipinski definition) is 1. The minimum atomic E-state index is -0.153. The highest BCUT2D eigenvalue weighted by Crippen LogP contribution is 2.22. The van der Waals surface area contributed by atoms with Gasteiger partial charge in [-0.05, 0) is 51.0 Å². The van der Waals surface area contributed by atoms with Crippen LogP contribution in [0.3, 0.4) is 0 Å². The standard InChI is InChI=1S/C22H25N5O3/c1-14-11-15(2)27-20(23-14)13-19(25-27)24-21(28)16-7-9-26(10-8-16)22(29)17-5-4-6-18(12-17)30-3/h4-6,11-13,16H,7-10H2,1-3H3,(H,24,25,28). The molecule has 30 heavy (non-hydrogen) atoms. The summed E-state index contributed by atoms with van der Waals surface area (Å²) in [6.45, 7) is 4.96. The smallest absolute Gasteiger partial charge is 0.253 e. The summed E-state index contributed by atoms with van der Waals surface area (Å²) < 4.78 is 6.92. The van der Waals surface area contributed by atoms with Gasteiger partial charge in [-0.15, -0.1) is 5.10 Å². The molecule has 0 radical (unpaired) electrons. The number of aromatic nitrogens is 3. The Labute approximate surface area is 174 Å². The molecule has 2 amide bonds. The lowest BCUT2D eigenvalue weighted by molar-refractivity contribution is -0.121. The number of amides is 2. The Bertz CT molecular complexity index is 1100. The molecule has 1 fully saturated rings. The van der Waals surface area contributed by atoms with E-state index in [1.165, 1.54) is 0 Å². The number of nitrogens with zero attached hydrogens (tertiary/aromatic N) is 4. The van der Waals surface area contributed by atoms with E-state index in [0.717, 1.165) is 11.4 Å². The fraction of sp³-hybridized carbons (Fsp3) is 0.364. The highest BCUT2D eigenvalue weighted by atomic mass is 16.5. The fourth-order valence-electron chi connectivity index (χ4n) is 3.86. The normalized spacial score (nSPS) is 14.7. The van der Waals surface area contributed by atoms with Crippen molar-refractivity contribution in [2.45, 2.75) is 26.7 Å². The van der Waals surface area contributed by atoms with Gasteiger partial charge in [0.05, 0.1) is 7.11 Å². The molecule has 156 valence electrons. The number of carbonyl (C=O) groups is 2. The Balaban J connectivity index is 1.37. The molecule has 3 heterocycles. The summed E-state index contributed by atoms with van der Waals surface area (Å²) in [6, 6.07) is 10.9. The Morgan fingerprint density at radius 1 is 1.13 bits per heavy atom. The number of hydrogen-bond acceptors (Lipinski definition) is 5. The third-order valence-corrected chi connectivity index (χ3v) is 5.45. The molecule has 2 aromatic heterocycles. The van der Waals surface area contributed by atoms with Crippen molar-refractivity contribution < 1.29 is 14.3 Å². The molecule has 0 spiro atoms. The van der Waals surface area contributed by atoms with Gasteiger partial charge in [-0.2, -0.15) is 0 Å². The van der Waals surface area contributed by atoms with Crippen molar-refractivity contribution in [3.05, 3.63) is 53.3 Å². The van der Waals surface area contributed by atoms with Crippen LogP contribution in [0.5, 0.6) is 5.75 Å². The molecule has 0 aliphatic carbocycles. The number of fused-ring (bicyclic) bond motifs is 1. The average molecular weight is 407 g/mol. The molecule has 0 atom stereocenters. The summed E-state index contributed by atoms with van der Waals surface area (Å²) >= 11 is 0. The predicted octanol–water partition coefficient (Wildman–Crippen LogP) is 2.85. The molecule has 1 saturated heterocycles. The van der Waals surface area contributed by atoms with Crippen LogP contribution in [0.1, 0.15) is 34.6 Å². The lowest BCUT2D eigenvalue weighted by atomic mass is 9.95. The molecule has 4 rings (SSSR count). The largest absolute Gasteiger partial charge is 0.497 e. The SMILES string of the molecule is COc1cccc(C(=O)N2CCC(C(=O)Nc3cc4nc(C)cc(C)n4n3)CC2)c1. The van der Waals surface area contributed by atoms with E-state index in [0.29, 0.717) is 48.7 Å². The van der Waals surface area contributed by atoms with E-state index >= 15 is 0 Å². The third-order valence-electron chi connectivity index (χ3n) is 5.45. The van der Waals surface area contributed by atoms with Crippen LogP contribution < -0.4 is 10.1 Å². The second-order valence-corrected chi connectivity index (χ2v) is 7.63. The van der Waals surface area contributed by atoms with Crippen LogP contribution in [0.25, 0.3) is 5.65 Å². The average Bonchev–Trinajstić information content (AvgIpc) is 3.16. The number of piperidine rings is 1. The molecule has 1 aliphatic heterocycles. The molecule has 8 heteroatoms. The van der Waals surface area contributed by atoms with Crippen LogP contribution in [-0.2, 0) is 4.79 Å². The molecule has 3 aromatic rings. The number of aryl methyl sites for hydroxylation is 2. The van der Waals surface area contributed by atoms with Gasteiger partial charge in [0.25, 0.3) is 5.91 Å². The zero-order valence-corrected chi connectivity index (χ0v) is 17.4. The van der Waals surface area contributed by atoms with Gasteiger partial charge in [0.1, 0.15) is 5.75 Å². The Morgan fingerprint density at radius 2 is 1.90 bits per heavy atom. The summed E-state index contributed by atoms with van der Waals surface area (Å²) in [6.07, 6.45) is 1.23. The summed E-state index contributed by atoms with van der Waals surface area (Å²) in [7, 11) is 1.58. The molecule has 0 bridgehead atoms. The Kier molecular flexibility index (Phi) is 5.39. The highest BCUT2D eigenvalue weighted by molar-refractivity contribution is 5.95. The maximum atomic E-state index is 12.7. The number of methoxy groups -OCH3 is 1. The molecule has 0 saturated carbocycles. The topological polar surface area (TPSA) is 88.8 Å². The molecule has 1 aromatic carbocycles. The minimum Gasteiger partial charge on any atom is -0.497 e. The van der Waals surface area contributed by atoms with E-state index in [1.807, 2.05) is 26.0 Å². The second-order valence-electron chi connectivity index (χ2n) is 7.63. The predicted molar refractivity (Wildman–Crippen MR) is 113 cm³/mol. The zero-order chi connectivity index (χ0) is 21.3. The number of carbonyl (C=O) groups excluding carboxylic acids is 2. The quantitative estimate of drug-likeness (QED) is 0.718. The van der Waals surface area contributed by atoms with Crippen LogP contribution in [0, 0.1) is 19.8 Å². The Hall–Kier alpha value is -3.42. The van der Waals surface area contributed by atoms with E-state index in [4.69, 9.17) is 4.74 Å². The first-order valence-corrected chi connectivity index (χ1v) is 10.0. The van der Waals surface area contributed by atoms with Crippen LogP contribution in [0.15, 0.2) is 36.4 Å². The monoisotopic (exact) mass is 407 g/mol. The second kappa shape index (κ2) is 8.14. The number of likely N-dealkylation sites (tertiary alicyclic amines) is 1. The molecule has 8 nitrogen and oxygen atoms in total. The van der Waals surface area contributed by atoms with Crippen molar-refractivity contribution in [1.29, 1.82) is 0 Å². The summed E-state index contributed by atoms with van der Waals surface area (Å²) in [5.41, 5.74) is 3.18. The highest BCUT2D eigenvalue weighted by Gasteiger charge is 2.28. The van der Waals surface area contributed by atoms with E-state index in [2.05, 4.69) is 15.4 Å². The van der Waals surface area contributed by atoms with Gasteiger partial charge in [0.15, 0.2) is 11.5 Å². The number of anilines is 1. The van der Waals surface area contributed by atoms with Crippen molar-refractivity contribution in [3.8, 4) is 5.75 Å². The van der Waals surface area contributed by atoms with Crippen molar-refractivity contribution in [2.75, 3.05) is 25.5 Å². The maximum absolute atomic E-state index is 12.7. The first-order chi connectivity index (χ1) is 14.4. The van der Waals surface area contributed by atoms with Gasteiger partial charge < -0.3 is 15.0 Å². The van der Waals surface area contributed by atoms with Gasteiger partial charge in [0.2, 0.25) is 5.91 Å². The zero-order valence-electron chi connectivity index (χ0n) is 17.4. The number of nitrogens with one attached hydrogen (secondary N) is 1. The lowest BCUT2D eigenvalue weighted by Crippen LogP contribution is -2.41. The van der Waals surface area contributed by atoms with Crippen molar-refractivity contribution in [2.24, 2.45) is 5.92 Å². The van der Waals surface area contributed by atoms with Crippen LogP contribution in [-0.4, -0.2) is 51.5 Å². The summed E-state index contributed by atoms with van der Waals surface area (Å²) in [4.78, 5) is 31.7. The summed E-state index contributed by atoms with van der Waals surface area (Å²) in [5, 5.41) is 7.34. The molecule has 1 aliphatic rings.